The Kier molecular flexibility index (Phi) is 6.24. The molecule has 176 valence electrons. The van der Waals surface area contributed by atoms with Crippen molar-refractivity contribution < 1.29 is 14.3 Å². The second-order valence-corrected chi connectivity index (χ2v) is 9.01. The summed E-state index contributed by atoms with van der Waals surface area (Å²) >= 11 is 0. The molecule has 6 nitrogen and oxygen atoms in total. The van der Waals surface area contributed by atoms with Gasteiger partial charge in [0.2, 0.25) is 5.78 Å². The molecule has 0 N–H and O–H groups in total. The average Bonchev–Trinajstić information content (AvgIpc) is 3.30. The van der Waals surface area contributed by atoms with E-state index in [1.54, 1.807) is 38.5 Å². The average molecular weight is 466 g/mol. The molecule has 2 aliphatic rings. The van der Waals surface area contributed by atoms with Gasteiger partial charge in [0.25, 0.3) is 0 Å². The Bertz CT molecular complexity index is 1350. The zero-order valence-corrected chi connectivity index (χ0v) is 20.6. The normalized spacial score (nSPS) is 18.0. The number of hydrogen-bond acceptors (Lipinski definition) is 6. The van der Waals surface area contributed by atoms with Crippen LogP contribution in [-0.4, -0.2) is 32.0 Å². The third-order valence-electron chi connectivity index (χ3n) is 7.11. The first-order valence-corrected chi connectivity index (χ1v) is 11.3. The number of nitriles is 2. The molecule has 1 heterocycles. The zero-order valence-electron chi connectivity index (χ0n) is 20.6. The highest BCUT2D eigenvalue weighted by Gasteiger charge is 2.53. The van der Waals surface area contributed by atoms with Gasteiger partial charge in [-0.25, -0.2) is 0 Å². The molecule has 0 fully saturated rings. The highest BCUT2D eigenvalue weighted by Crippen LogP contribution is 2.60. The molecule has 1 spiro atoms. The SMILES string of the molecule is COc1ccc(C(=O)/C(C#N)=C2/N(C)C(c3ccc(OC)cc3)=C(C#N)C23CC(C)=C(C)C3)cc1. The maximum absolute atomic E-state index is 13.7. The monoisotopic (exact) mass is 465 g/mol. The number of nitrogens with zero attached hydrogens (tertiary/aromatic N) is 3. The summed E-state index contributed by atoms with van der Waals surface area (Å²) in [6.45, 7) is 4.11. The van der Waals surface area contributed by atoms with E-state index in [0.717, 1.165) is 5.56 Å². The molecule has 2 aromatic carbocycles. The number of hydrogen-bond donors (Lipinski definition) is 0. The van der Waals surface area contributed by atoms with E-state index in [1.165, 1.54) is 11.1 Å². The molecular weight excluding hydrogens is 438 g/mol. The fraction of sp³-hybridized carbons (Fsp3) is 0.276. The van der Waals surface area contributed by atoms with Gasteiger partial charge >= 0.3 is 0 Å². The standard InChI is InChI=1S/C29H27N3O3/c1-18-14-29(15-19(18)2)25(17-31)26(20-6-10-22(34-4)11-7-20)32(3)28(29)24(16-30)27(33)21-8-12-23(35-5)13-9-21/h6-13H,14-15H2,1-5H3/b28-24+. The van der Waals surface area contributed by atoms with Crippen molar-refractivity contribution in [1.82, 2.24) is 4.90 Å². The summed E-state index contributed by atoms with van der Waals surface area (Å²) in [4.78, 5) is 15.5. The third kappa shape index (κ3) is 3.78. The highest BCUT2D eigenvalue weighted by molar-refractivity contribution is 6.12. The first kappa shape index (κ1) is 23.9. The lowest BCUT2D eigenvalue weighted by molar-refractivity contribution is 0.103. The van der Waals surface area contributed by atoms with Gasteiger partial charge in [0.1, 0.15) is 23.1 Å². The minimum absolute atomic E-state index is 0.0522. The van der Waals surface area contributed by atoms with Gasteiger partial charge in [0, 0.05) is 12.6 Å². The van der Waals surface area contributed by atoms with Crippen LogP contribution < -0.4 is 9.47 Å². The van der Waals surface area contributed by atoms with Crippen molar-refractivity contribution in [3.05, 3.63) is 87.6 Å². The van der Waals surface area contributed by atoms with Crippen molar-refractivity contribution in [2.24, 2.45) is 5.41 Å². The Morgan fingerprint density at radius 2 is 1.43 bits per heavy atom. The highest BCUT2D eigenvalue weighted by atomic mass is 16.5. The summed E-state index contributed by atoms with van der Waals surface area (Å²) in [5.74, 6) is 0.969. The van der Waals surface area contributed by atoms with Crippen LogP contribution in [0.4, 0.5) is 0 Å². The van der Waals surface area contributed by atoms with Crippen LogP contribution >= 0.6 is 0 Å². The Morgan fingerprint density at radius 1 is 0.914 bits per heavy atom. The number of allylic oxidation sites excluding steroid dienone is 4. The number of rotatable bonds is 5. The van der Waals surface area contributed by atoms with Crippen LogP contribution in [0.1, 0.15) is 42.6 Å². The molecule has 0 amide bonds. The van der Waals surface area contributed by atoms with E-state index in [9.17, 15) is 15.3 Å². The molecule has 6 heteroatoms. The Labute approximate surface area is 206 Å². The molecule has 2 aromatic rings. The Morgan fingerprint density at radius 3 is 1.89 bits per heavy atom. The number of methoxy groups -OCH3 is 2. The molecule has 0 saturated heterocycles. The largest absolute Gasteiger partial charge is 0.497 e. The second-order valence-electron chi connectivity index (χ2n) is 9.01. The summed E-state index contributed by atoms with van der Waals surface area (Å²) < 4.78 is 10.5. The van der Waals surface area contributed by atoms with Crippen molar-refractivity contribution in [1.29, 1.82) is 10.5 Å². The van der Waals surface area contributed by atoms with Crippen LogP contribution in [-0.2, 0) is 0 Å². The summed E-state index contributed by atoms with van der Waals surface area (Å²) in [6, 6.07) is 18.9. The molecule has 1 aliphatic heterocycles. The number of ketones is 1. The molecule has 0 aromatic heterocycles. The fourth-order valence-corrected chi connectivity index (χ4v) is 5.31. The lowest BCUT2D eigenvalue weighted by atomic mass is 9.73. The van der Waals surface area contributed by atoms with Gasteiger partial charge in [0.05, 0.1) is 42.7 Å². The van der Waals surface area contributed by atoms with Crippen LogP contribution in [0, 0.1) is 28.1 Å². The van der Waals surface area contributed by atoms with E-state index in [1.807, 2.05) is 36.2 Å². The van der Waals surface area contributed by atoms with E-state index >= 15 is 0 Å². The van der Waals surface area contributed by atoms with E-state index in [4.69, 9.17) is 9.47 Å². The van der Waals surface area contributed by atoms with Crippen LogP contribution in [0.25, 0.3) is 5.70 Å². The number of Topliss-reactive ketones (excluding diaryl/α,β-unsaturated/α-hetero) is 1. The Hall–Kier alpha value is -4.29. The van der Waals surface area contributed by atoms with E-state index in [0.29, 0.717) is 46.9 Å². The molecular formula is C29H27N3O3. The predicted molar refractivity (Wildman–Crippen MR) is 133 cm³/mol. The summed E-state index contributed by atoms with van der Waals surface area (Å²) in [5, 5.41) is 20.7. The molecule has 0 radical (unpaired) electrons. The number of carbonyl (C=O) groups excluding carboxylic acids is 1. The van der Waals surface area contributed by atoms with Crippen LogP contribution in [0.3, 0.4) is 0 Å². The smallest absolute Gasteiger partial charge is 0.205 e. The van der Waals surface area contributed by atoms with Crippen molar-refractivity contribution in [2.75, 3.05) is 21.3 Å². The quantitative estimate of drug-likeness (QED) is 0.245. The molecule has 0 bridgehead atoms. The van der Waals surface area contributed by atoms with Gasteiger partial charge in [-0.15, -0.1) is 0 Å². The maximum atomic E-state index is 13.7. The van der Waals surface area contributed by atoms with Gasteiger partial charge in [-0.2, -0.15) is 10.5 Å². The summed E-state index contributed by atoms with van der Waals surface area (Å²) in [6.07, 6.45) is 1.17. The number of ether oxygens (including phenoxy) is 2. The van der Waals surface area contributed by atoms with Crippen molar-refractivity contribution in [2.45, 2.75) is 26.7 Å². The summed E-state index contributed by atoms with van der Waals surface area (Å²) in [5.41, 5.74) is 4.73. The van der Waals surface area contributed by atoms with Crippen molar-refractivity contribution in [3.63, 3.8) is 0 Å². The van der Waals surface area contributed by atoms with E-state index < -0.39 is 5.41 Å². The zero-order chi connectivity index (χ0) is 25.3. The van der Waals surface area contributed by atoms with Crippen molar-refractivity contribution >= 4 is 11.5 Å². The molecule has 35 heavy (non-hydrogen) atoms. The number of benzene rings is 2. The second kappa shape index (κ2) is 9.16. The maximum Gasteiger partial charge on any atom is 0.205 e. The first-order valence-electron chi connectivity index (χ1n) is 11.3. The fourth-order valence-electron chi connectivity index (χ4n) is 5.31. The predicted octanol–water partition coefficient (Wildman–Crippen LogP) is 5.66. The molecule has 0 atom stereocenters. The Balaban J connectivity index is 1.94. The van der Waals surface area contributed by atoms with Gasteiger partial charge < -0.3 is 14.4 Å². The lowest BCUT2D eigenvalue weighted by Gasteiger charge is -2.30. The molecule has 0 unspecified atom stereocenters. The molecule has 0 saturated carbocycles. The van der Waals surface area contributed by atoms with E-state index in [-0.39, 0.29) is 11.4 Å². The minimum Gasteiger partial charge on any atom is -0.497 e. The van der Waals surface area contributed by atoms with Gasteiger partial charge in [-0.1, -0.05) is 11.1 Å². The molecule has 4 rings (SSSR count). The van der Waals surface area contributed by atoms with Gasteiger partial charge in [0.15, 0.2) is 0 Å². The van der Waals surface area contributed by atoms with Crippen LogP contribution in [0.15, 0.2) is 76.5 Å². The van der Waals surface area contributed by atoms with Crippen LogP contribution in [0.5, 0.6) is 11.5 Å². The van der Waals surface area contributed by atoms with Crippen LogP contribution in [0.2, 0.25) is 0 Å². The van der Waals surface area contributed by atoms with Crippen molar-refractivity contribution in [3.8, 4) is 23.6 Å². The first-order chi connectivity index (χ1) is 16.8. The van der Waals surface area contributed by atoms with E-state index in [2.05, 4.69) is 26.0 Å². The lowest BCUT2D eigenvalue weighted by Crippen LogP contribution is -2.28. The topological polar surface area (TPSA) is 86.3 Å². The van der Waals surface area contributed by atoms with Gasteiger partial charge in [-0.3, -0.25) is 4.79 Å². The minimum atomic E-state index is -0.764. The third-order valence-corrected chi connectivity index (χ3v) is 7.11. The number of carbonyl (C=O) groups is 1. The summed E-state index contributed by atoms with van der Waals surface area (Å²) in [7, 11) is 5.00. The molecule has 1 aliphatic carbocycles. The van der Waals surface area contributed by atoms with Gasteiger partial charge in [-0.05, 0) is 80.8 Å².